The van der Waals surface area contributed by atoms with Crippen molar-refractivity contribution in [1.29, 1.82) is 0 Å². The lowest BCUT2D eigenvalue weighted by Gasteiger charge is -2.12. The van der Waals surface area contributed by atoms with Gasteiger partial charge in [0.15, 0.2) is 0 Å². The molecule has 1 unspecified atom stereocenters. The van der Waals surface area contributed by atoms with Gasteiger partial charge in [0.1, 0.15) is 11.9 Å². The third kappa shape index (κ3) is 5.82. The van der Waals surface area contributed by atoms with Crippen LogP contribution in [0.1, 0.15) is 75.0 Å². The number of benzene rings is 2. The number of aromatic nitrogens is 2. The second kappa shape index (κ2) is 11.0. The van der Waals surface area contributed by atoms with Crippen molar-refractivity contribution in [3.05, 3.63) is 89.5 Å². The maximum Gasteiger partial charge on any atom is 0.261 e. The van der Waals surface area contributed by atoms with Gasteiger partial charge in [-0.3, -0.25) is 0 Å². The molecule has 0 saturated heterocycles. The molecule has 29 heavy (non-hydrogen) atoms. The van der Waals surface area contributed by atoms with Crippen molar-refractivity contribution in [1.82, 2.24) is 4.57 Å². The van der Waals surface area contributed by atoms with Gasteiger partial charge in [-0.1, -0.05) is 87.9 Å². The topological polar surface area (TPSA) is 8.81 Å². The number of rotatable bonds is 11. The van der Waals surface area contributed by atoms with Crippen molar-refractivity contribution in [2.45, 2.75) is 78.3 Å². The molecule has 154 valence electrons. The summed E-state index contributed by atoms with van der Waals surface area (Å²) in [5, 5.41) is 0. The molecular weight excluding hydrogens is 352 g/mol. The van der Waals surface area contributed by atoms with Gasteiger partial charge in [-0.15, -0.1) is 0 Å². The molecule has 2 aromatic carbocycles. The lowest BCUT2D eigenvalue weighted by Crippen LogP contribution is -2.37. The molecule has 2 heteroatoms. The van der Waals surface area contributed by atoms with Crippen LogP contribution < -0.4 is 4.57 Å². The fourth-order valence-corrected chi connectivity index (χ4v) is 4.22. The number of hydrogen-bond donors (Lipinski definition) is 0. The summed E-state index contributed by atoms with van der Waals surface area (Å²) in [7, 11) is 0. The molecule has 0 N–H and O–H groups in total. The third-order valence-electron chi connectivity index (χ3n) is 5.83. The van der Waals surface area contributed by atoms with Crippen molar-refractivity contribution in [2.75, 3.05) is 0 Å². The van der Waals surface area contributed by atoms with Gasteiger partial charge in [-0.25, -0.2) is 9.13 Å². The molecule has 0 saturated carbocycles. The van der Waals surface area contributed by atoms with E-state index in [1.165, 1.54) is 48.3 Å². The zero-order valence-corrected chi connectivity index (χ0v) is 18.5. The molecule has 1 heterocycles. The molecule has 3 aromatic rings. The highest BCUT2D eigenvalue weighted by Gasteiger charge is 2.24. The summed E-state index contributed by atoms with van der Waals surface area (Å²) >= 11 is 0. The predicted molar refractivity (Wildman–Crippen MR) is 122 cm³/mol. The molecule has 0 radical (unpaired) electrons. The minimum absolute atomic E-state index is 0.524. The van der Waals surface area contributed by atoms with Gasteiger partial charge in [0, 0.05) is 6.42 Å². The zero-order chi connectivity index (χ0) is 20.5. The summed E-state index contributed by atoms with van der Waals surface area (Å²) in [6.45, 7) is 9.15. The first-order valence-electron chi connectivity index (χ1n) is 11.4. The van der Waals surface area contributed by atoms with Crippen LogP contribution in [-0.2, 0) is 25.9 Å². The van der Waals surface area contributed by atoms with Crippen LogP contribution in [0, 0.1) is 0 Å². The normalized spacial score (nSPS) is 12.2. The number of aryl methyl sites for hydroxylation is 1. The molecule has 0 aliphatic carbocycles. The number of imidazole rings is 1. The first kappa shape index (κ1) is 21.4. The minimum Gasteiger partial charge on any atom is -0.234 e. The summed E-state index contributed by atoms with van der Waals surface area (Å²) in [4.78, 5) is 0. The van der Waals surface area contributed by atoms with Gasteiger partial charge >= 0.3 is 0 Å². The van der Waals surface area contributed by atoms with E-state index in [-0.39, 0.29) is 0 Å². The highest BCUT2D eigenvalue weighted by molar-refractivity contribution is 5.22. The molecule has 0 amide bonds. The van der Waals surface area contributed by atoms with E-state index >= 15 is 0 Å². The highest BCUT2D eigenvalue weighted by atomic mass is 15.2. The van der Waals surface area contributed by atoms with Crippen LogP contribution in [0.3, 0.4) is 0 Å². The number of hydrogen-bond acceptors (Lipinski definition) is 0. The Bertz CT molecular complexity index is 849. The van der Waals surface area contributed by atoms with Crippen LogP contribution in [0.5, 0.6) is 0 Å². The van der Waals surface area contributed by atoms with Crippen LogP contribution in [0.4, 0.5) is 0 Å². The summed E-state index contributed by atoms with van der Waals surface area (Å²) in [6.07, 6.45) is 9.52. The van der Waals surface area contributed by atoms with Crippen molar-refractivity contribution in [3.8, 4) is 0 Å². The van der Waals surface area contributed by atoms with Gasteiger partial charge in [0.05, 0.1) is 19.5 Å². The Hall–Kier alpha value is -2.35. The average molecular weight is 390 g/mol. The first-order chi connectivity index (χ1) is 14.2. The summed E-state index contributed by atoms with van der Waals surface area (Å²) in [5.74, 6) is 1.99. The number of unbranched alkanes of at least 4 members (excludes halogenated alkanes) is 2. The minimum atomic E-state index is 0.524. The van der Waals surface area contributed by atoms with E-state index in [2.05, 4.69) is 96.8 Å². The molecule has 0 spiro atoms. The zero-order valence-electron chi connectivity index (χ0n) is 18.5. The lowest BCUT2D eigenvalue weighted by molar-refractivity contribution is -0.703. The highest BCUT2D eigenvalue weighted by Crippen LogP contribution is 2.22. The monoisotopic (exact) mass is 389 g/mol. The predicted octanol–water partition coefficient (Wildman–Crippen LogP) is 6.31. The smallest absolute Gasteiger partial charge is 0.234 e. The quantitative estimate of drug-likeness (QED) is 0.268. The van der Waals surface area contributed by atoms with Gasteiger partial charge < -0.3 is 0 Å². The number of nitrogens with zero attached hydrogens (tertiary/aromatic N) is 2. The summed E-state index contributed by atoms with van der Waals surface area (Å²) < 4.78 is 5.16. The van der Waals surface area contributed by atoms with Crippen LogP contribution >= 0.6 is 0 Å². The summed E-state index contributed by atoms with van der Waals surface area (Å²) in [6, 6.07) is 21.9. The molecule has 3 rings (SSSR count). The Labute approximate surface area is 177 Å². The van der Waals surface area contributed by atoms with Crippen molar-refractivity contribution >= 4 is 0 Å². The maximum atomic E-state index is 2.64. The Morgan fingerprint density at radius 1 is 0.862 bits per heavy atom. The Kier molecular flexibility index (Phi) is 8.10. The molecule has 1 atom stereocenters. The van der Waals surface area contributed by atoms with Crippen molar-refractivity contribution < 1.29 is 4.57 Å². The Morgan fingerprint density at radius 2 is 1.55 bits per heavy atom. The van der Waals surface area contributed by atoms with E-state index in [1.54, 1.807) is 0 Å². The van der Waals surface area contributed by atoms with E-state index in [4.69, 9.17) is 0 Å². The first-order valence-corrected chi connectivity index (χ1v) is 11.4. The van der Waals surface area contributed by atoms with Crippen LogP contribution in [0.25, 0.3) is 0 Å². The Morgan fingerprint density at radius 3 is 2.21 bits per heavy atom. The molecular formula is C27H37N2+. The van der Waals surface area contributed by atoms with Crippen LogP contribution in [0.15, 0.2) is 66.9 Å². The maximum absolute atomic E-state index is 2.64. The molecule has 1 aromatic heterocycles. The van der Waals surface area contributed by atoms with E-state index in [0.29, 0.717) is 5.92 Å². The molecule has 0 fully saturated rings. The largest absolute Gasteiger partial charge is 0.261 e. The Balaban J connectivity index is 1.93. The van der Waals surface area contributed by atoms with Gasteiger partial charge in [-0.2, -0.15) is 0 Å². The van der Waals surface area contributed by atoms with E-state index < -0.39 is 0 Å². The van der Waals surface area contributed by atoms with Crippen LogP contribution in [-0.4, -0.2) is 4.57 Å². The van der Waals surface area contributed by atoms with Gasteiger partial charge in [0.2, 0.25) is 0 Å². The standard InChI is InChI=1S/C27H37N2/c1-4-6-13-19-29-26(20-23(3)25-16-11-8-12-17-25)22-28(18-5-2)27(29)21-24-14-9-7-10-15-24/h7-12,14-17,22-23H,4-6,13,18-21H2,1-3H3/q+1. The van der Waals surface area contributed by atoms with Crippen molar-refractivity contribution in [2.24, 2.45) is 0 Å². The van der Waals surface area contributed by atoms with Gasteiger partial charge in [0.25, 0.3) is 5.82 Å². The summed E-state index contributed by atoms with van der Waals surface area (Å²) in [5.41, 5.74) is 4.31. The third-order valence-corrected chi connectivity index (χ3v) is 5.83. The molecule has 2 nitrogen and oxygen atoms in total. The van der Waals surface area contributed by atoms with E-state index in [9.17, 15) is 0 Å². The fraction of sp³-hybridized carbons (Fsp3) is 0.444. The second-order valence-corrected chi connectivity index (χ2v) is 8.27. The molecule has 0 aliphatic rings. The van der Waals surface area contributed by atoms with Crippen LogP contribution in [0.2, 0.25) is 0 Å². The lowest BCUT2D eigenvalue weighted by atomic mass is 9.96. The van der Waals surface area contributed by atoms with Gasteiger partial charge in [-0.05, 0) is 36.3 Å². The SMILES string of the molecule is CCCCCn1c(CC(C)c2ccccc2)c[n+](CCC)c1Cc1ccccc1. The fourth-order valence-electron chi connectivity index (χ4n) is 4.22. The van der Waals surface area contributed by atoms with E-state index in [0.717, 1.165) is 25.9 Å². The van der Waals surface area contributed by atoms with Crippen molar-refractivity contribution in [3.63, 3.8) is 0 Å². The van der Waals surface area contributed by atoms with E-state index in [1.807, 2.05) is 0 Å². The second-order valence-electron chi connectivity index (χ2n) is 8.27. The molecule has 0 bridgehead atoms. The average Bonchev–Trinajstić information content (AvgIpc) is 3.06. The molecule has 0 aliphatic heterocycles.